The van der Waals surface area contributed by atoms with Crippen LogP contribution in [-0.4, -0.2) is 72.1 Å². The zero-order valence-corrected chi connectivity index (χ0v) is 20.8. The van der Waals surface area contributed by atoms with Gasteiger partial charge >= 0.3 is 12.1 Å². The lowest BCUT2D eigenvalue weighted by molar-refractivity contribution is -0.149. The number of carbonyl (C=O) groups excluding carboxylic acids is 1. The number of carboxylic acids is 1. The Morgan fingerprint density at radius 3 is 2.48 bits per heavy atom. The fourth-order valence-corrected chi connectivity index (χ4v) is 4.72. The van der Waals surface area contributed by atoms with Crippen LogP contribution >= 0.6 is 11.8 Å². The van der Waals surface area contributed by atoms with Gasteiger partial charge in [-0.2, -0.15) is 11.8 Å². The van der Waals surface area contributed by atoms with Gasteiger partial charge in [-0.3, -0.25) is 0 Å². The summed E-state index contributed by atoms with van der Waals surface area (Å²) in [5.74, 6) is 1.72. The molecule has 0 spiro atoms. The molecule has 1 amide bonds. The third kappa shape index (κ3) is 10.7. The number of rotatable bonds is 16. The average Bonchev–Trinajstić information content (AvgIpc) is 3.31. The minimum atomic E-state index is -0.963. The number of aliphatic carboxylic acids is 1. The number of carboxylic acid groups (broad SMARTS) is 1. The largest absolute Gasteiger partial charge is 0.492 e. The number of hydrogen-bond acceptors (Lipinski definition) is 6. The van der Waals surface area contributed by atoms with Crippen LogP contribution in [0, 0.1) is 0 Å². The molecule has 186 valence electrons. The molecule has 0 saturated heterocycles. The number of thioether (sulfide) groups is 1. The smallest absolute Gasteiger partial charge is 0.410 e. The number of carbonyl (C=O) groups is 2. The van der Waals surface area contributed by atoms with E-state index in [0.717, 1.165) is 42.8 Å². The third-order valence-electron chi connectivity index (χ3n) is 5.59. The first-order valence-corrected chi connectivity index (χ1v) is 13.3. The van der Waals surface area contributed by atoms with E-state index in [1.165, 1.54) is 12.8 Å². The van der Waals surface area contributed by atoms with Gasteiger partial charge in [0, 0.05) is 25.3 Å². The van der Waals surface area contributed by atoms with Gasteiger partial charge in [-0.05, 0) is 62.5 Å². The molecule has 2 rings (SSSR count). The van der Waals surface area contributed by atoms with Crippen molar-refractivity contribution in [2.24, 2.45) is 0 Å². The van der Waals surface area contributed by atoms with Crippen molar-refractivity contribution in [1.82, 2.24) is 4.90 Å². The Morgan fingerprint density at radius 2 is 1.85 bits per heavy atom. The van der Waals surface area contributed by atoms with Crippen molar-refractivity contribution in [2.75, 3.05) is 37.8 Å². The molecule has 33 heavy (non-hydrogen) atoms. The Bertz CT molecular complexity index is 693. The molecular formula is C25H39NO6S. The molecule has 1 unspecified atom stereocenters. The fraction of sp³-hybridized carbons (Fsp3) is 0.680. The van der Waals surface area contributed by atoms with Crippen molar-refractivity contribution < 1.29 is 28.9 Å². The second kappa shape index (κ2) is 15.8. The van der Waals surface area contributed by atoms with Crippen LogP contribution in [0.5, 0.6) is 5.75 Å². The van der Waals surface area contributed by atoms with Crippen LogP contribution in [0.15, 0.2) is 24.3 Å². The molecule has 0 aromatic heterocycles. The molecule has 0 heterocycles. The third-order valence-corrected chi connectivity index (χ3v) is 6.64. The van der Waals surface area contributed by atoms with Crippen LogP contribution in [0.4, 0.5) is 4.79 Å². The Kier molecular flexibility index (Phi) is 13.1. The first kappa shape index (κ1) is 27.3. The molecule has 0 bridgehead atoms. The summed E-state index contributed by atoms with van der Waals surface area (Å²) < 4.78 is 16.8. The molecule has 0 aliphatic heterocycles. The Labute approximate surface area is 202 Å². The molecule has 1 fully saturated rings. The summed E-state index contributed by atoms with van der Waals surface area (Å²) in [6, 6.07) is 7.34. The van der Waals surface area contributed by atoms with Crippen molar-refractivity contribution >= 4 is 23.8 Å². The molecule has 1 atom stereocenters. The number of amides is 1. The van der Waals surface area contributed by atoms with Gasteiger partial charge in [0.05, 0.1) is 6.54 Å². The predicted molar refractivity (Wildman–Crippen MR) is 131 cm³/mol. The summed E-state index contributed by atoms with van der Waals surface area (Å²) in [7, 11) is 0. The van der Waals surface area contributed by atoms with Gasteiger partial charge in [0.15, 0.2) is 6.10 Å². The maximum absolute atomic E-state index is 12.7. The fourth-order valence-electron chi connectivity index (χ4n) is 3.67. The highest BCUT2D eigenvalue weighted by Crippen LogP contribution is 2.22. The van der Waals surface area contributed by atoms with Crippen LogP contribution in [0.1, 0.15) is 57.9 Å². The molecule has 1 aliphatic carbocycles. The van der Waals surface area contributed by atoms with Gasteiger partial charge in [0.2, 0.25) is 0 Å². The van der Waals surface area contributed by atoms with Crippen LogP contribution in [0.3, 0.4) is 0 Å². The van der Waals surface area contributed by atoms with Gasteiger partial charge < -0.3 is 24.2 Å². The quantitative estimate of drug-likeness (QED) is 0.332. The Balaban J connectivity index is 1.82. The van der Waals surface area contributed by atoms with E-state index in [0.29, 0.717) is 38.5 Å². The maximum Gasteiger partial charge on any atom is 0.410 e. The second-order valence-corrected chi connectivity index (χ2v) is 9.45. The van der Waals surface area contributed by atoms with Crippen molar-refractivity contribution in [3.63, 3.8) is 0 Å². The monoisotopic (exact) mass is 481 g/mol. The predicted octanol–water partition coefficient (Wildman–Crippen LogP) is 5.01. The number of unbranched alkanes of at least 4 members (excludes halogenated alkanes) is 1. The normalized spacial score (nSPS) is 14.7. The second-order valence-electron chi connectivity index (χ2n) is 8.22. The molecule has 8 heteroatoms. The van der Waals surface area contributed by atoms with Crippen molar-refractivity contribution in [2.45, 2.75) is 71.0 Å². The summed E-state index contributed by atoms with van der Waals surface area (Å²) in [6.07, 6.45) is 5.79. The number of ether oxygens (including phenoxy) is 3. The lowest BCUT2D eigenvalue weighted by atomic mass is 10.1. The molecule has 1 aromatic carbocycles. The van der Waals surface area contributed by atoms with Gasteiger partial charge in [0.1, 0.15) is 18.5 Å². The van der Waals surface area contributed by atoms with Gasteiger partial charge in [-0.15, -0.1) is 0 Å². The highest BCUT2D eigenvalue weighted by molar-refractivity contribution is 7.99. The van der Waals surface area contributed by atoms with Crippen molar-refractivity contribution in [1.29, 1.82) is 0 Å². The van der Waals surface area contributed by atoms with Gasteiger partial charge in [0.25, 0.3) is 0 Å². The van der Waals surface area contributed by atoms with Crippen LogP contribution in [0.2, 0.25) is 0 Å². The summed E-state index contributed by atoms with van der Waals surface area (Å²) in [5, 5.41) is 9.23. The zero-order chi connectivity index (χ0) is 23.9. The van der Waals surface area contributed by atoms with Crippen LogP contribution in [0.25, 0.3) is 0 Å². The number of hydrogen-bond donors (Lipinski definition) is 1. The molecule has 1 aliphatic rings. The van der Waals surface area contributed by atoms with E-state index in [1.807, 2.05) is 36.0 Å². The standard InChI is InChI=1S/C25H39NO6S/c1-3-5-17-33-18-15-26(25(29)32-22-8-6-7-9-22)14-16-31-21-12-10-20(11-13-21)19-23(24(27)28)30-4-2/h10-13,22-23H,3-9,14-19H2,1-2H3,(H,27,28). The van der Waals surface area contributed by atoms with E-state index >= 15 is 0 Å². The van der Waals surface area contributed by atoms with Crippen LogP contribution in [-0.2, 0) is 20.7 Å². The lowest BCUT2D eigenvalue weighted by Crippen LogP contribution is -2.38. The molecule has 0 radical (unpaired) electrons. The molecule has 7 nitrogen and oxygen atoms in total. The zero-order valence-electron chi connectivity index (χ0n) is 20.0. The van der Waals surface area contributed by atoms with Crippen molar-refractivity contribution in [3.05, 3.63) is 29.8 Å². The van der Waals surface area contributed by atoms with E-state index in [2.05, 4.69) is 6.92 Å². The van der Waals surface area contributed by atoms with Gasteiger partial charge in [-0.25, -0.2) is 9.59 Å². The Hall–Kier alpha value is -1.93. The van der Waals surface area contributed by atoms with Gasteiger partial charge in [-0.1, -0.05) is 25.5 Å². The van der Waals surface area contributed by atoms with E-state index in [1.54, 1.807) is 11.8 Å². The molecule has 1 aromatic rings. The SMILES string of the molecule is CCCCSCCN(CCOc1ccc(CC(OCC)C(=O)O)cc1)C(=O)OC1CCCC1. The summed E-state index contributed by atoms with van der Waals surface area (Å²) in [6.45, 7) is 5.80. The Morgan fingerprint density at radius 1 is 1.12 bits per heavy atom. The van der Waals surface area contributed by atoms with E-state index in [9.17, 15) is 14.7 Å². The summed E-state index contributed by atoms with van der Waals surface area (Å²) in [4.78, 5) is 25.7. The van der Waals surface area contributed by atoms with E-state index in [4.69, 9.17) is 14.2 Å². The first-order valence-electron chi connectivity index (χ1n) is 12.1. The number of benzene rings is 1. The summed E-state index contributed by atoms with van der Waals surface area (Å²) in [5.41, 5.74) is 0.870. The van der Waals surface area contributed by atoms with E-state index < -0.39 is 12.1 Å². The maximum atomic E-state index is 12.7. The average molecular weight is 482 g/mol. The minimum absolute atomic E-state index is 0.0486. The highest BCUT2D eigenvalue weighted by Gasteiger charge is 2.23. The van der Waals surface area contributed by atoms with Crippen LogP contribution < -0.4 is 4.74 Å². The topological polar surface area (TPSA) is 85.3 Å². The number of nitrogens with zero attached hydrogens (tertiary/aromatic N) is 1. The molecule has 1 N–H and O–H groups in total. The van der Waals surface area contributed by atoms with E-state index in [-0.39, 0.29) is 12.2 Å². The highest BCUT2D eigenvalue weighted by atomic mass is 32.2. The van der Waals surface area contributed by atoms with Crippen molar-refractivity contribution in [3.8, 4) is 5.75 Å². The summed E-state index contributed by atoms with van der Waals surface area (Å²) >= 11 is 1.87. The molecule has 1 saturated carbocycles. The minimum Gasteiger partial charge on any atom is -0.492 e. The molecular weight excluding hydrogens is 442 g/mol. The first-order chi connectivity index (χ1) is 16.0. The lowest BCUT2D eigenvalue weighted by Gasteiger charge is -2.24.